The summed E-state index contributed by atoms with van der Waals surface area (Å²) in [5, 5.41) is 10.4. The van der Waals surface area contributed by atoms with Gasteiger partial charge in [-0.15, -0.1) is 5.10 Å². The molecule has 12 heteroatoms. The minimum atomic E-state index is -1.49. The third-order valence-corrected chi connectivity index (χ3v) is 6.02. The van der Waals surface area contributed by atoms with Crippen LogP contribution in [0.3, 0.4) is 0 Å². The second-order valence-electron chi connectivity index (χ2n) is 7.87. The summed E-state index contributed by atoms with van der Waals surface area (Å²) in [7, 11) is 3.26. The Morgan fingerprint density at radius 2 is 1.89 bits per heavy atom. The topological polar surface area (TPSA) is 89.8 Å². The lowest BCUT2D eigenvalue weighted by Crippen LogP contribution is -2.09. The molecule has 5 rings (SSSR count). The third-order valence-electron chi connectivity index (χ3n) is 5.84. The zero-order valence-electron chi connectivity index (χ0n) is 18.6. The molecular weight excluding hydrogens is 483 g/mol. The molecule has 1 unspecified atom stereocenters. The average molecular weight is 502 g/mol. The van der Waals surface area contributed by atoms with Crippen molar-refractivity contribution in [1.29, 1.82) is 0 Å². The van der Waals surface area contributed by atoms with Crippen LogP contribution < -0.4 is 15.4 Å². The second kappa shape index (κ2) is 9.06. The number of aromatic nitrogens is 5. The normalized spacial score (nSPS) is 14.6. The van der Waals surface area contributed by atoms with Gasteiger partial charge < -0.3 is 15.4 Å². The van der Waals surface area contributed by atoms with Crippen LogP contribution in [0.5, 0.6) is 5.75 Å². The molecule has 2 aromatic carbocycles. The molecule has 0 saturated heterocycles. The SMILES string of the molecule is CNc1nc(Nc2ccc(-n3cnc(Cl)n3)c(OC)c2)nc2c1CCC2c1cc(F)c(F)c(F)c1. The van der Waals surface area contributed by atoms with E-state index >= 15 is 0 Å². The van der Waals surface area contributed by atoms with Crippen molar-refractivity contribution in [3.05, 3.63) is 76.2 Å². The fourth-order valence-corrected chi connectivity index (χ4v) is 4.38. The molecule has 2 N–H and O–H groups in total. The number of hydrogen-bond acceptors (Lipinski definition) is 7. The first-order chi connectivity index (χ1) is 16.9. The van der Waals surface area contributed by atoms with Gasteiger partial charge in [-0.2, -0.15) is 4.98 Å². The van der Waals surface area contributed by atoms with E-state index in [1.807, 2.05) is 0 Å². The Morgan fingerprint density at radius 3 is 2.54 bits per heavy atom. The average Bonchev–Trinajstić information content (AvgIpc) is 3.48. The Balaban J connectivity index is 1.50. The molecule has 1 atom stereocenters. The van der Waals surface area contributed by atoms with Crippen molar-refractivity contribution in [2.75, 3.05) is 24.8 Å². The number of halogens is 4. The van der Waals surface area contributed by atoms with Crippen LogP contribution in [0.15, 0.2) is 36.7 Å². The molecule has 0 fully saturated rings. The Labute approximate surface area is 203 Å². The molecule has 0 saturated carbocycles. The zero-order valence-corrected chi connectivity index (χ0v) is 19.4. The van der Waals surface area contributed by atoms with Crippen LogP contribution in [0.25, 0.3) is 5.69 Å². The van der Waals surface area contributed by atoms with Crippen LogP contribution in [-0.4, -0.2) is 38.9 Å². The van der Waals surface area contributed by atoms with E-state index in [1.54, 1.807) is 25.2 Å². The van der Waals surface area contributed by atoms with Gasteiger partial charge in [0.05, 0.1) is 12.8 Å². The van der Waals surface area contributed by atoms with Crippen LogP contribution >= 0.6 is 11.6 Å². The van der Waals surface area contributed by atoms with Gasteiger partial charge in [0.1, 0.15) is 23.6 Å². The molecule has 0 radical (unpaired) electrons. The predicted molar refractivity (Wildman–Crippen MR) is 124 cm³/mol. The van der Waals surface area contributed by atoms with Gasteiger partial charge in [0.25, 0.3) is 0 Å². The van der Waals surface area contributed by atoms with E-state index < -0.39 is 23.4 Å². The number of anilines is 3. The van der Waals surface area contributed by atoms with Gasteiger partial charge in [-0.05, 0) is 54.3 Å². The van der Waals surface area contributed by atoms with E-state index in [-0.39, 0.29) is 11.2 Å². The summed E-state index contributed by atoms with van der Waals surface area (Å²) in [6.07, 6.45) is 2.65. The van der Waals surface area contributed by atoms with Gasteiger partial charge in [0.2, 0.25) is 11.2 Å². The van der Waals surface area contributed by atoms with Crippen molar-refractivity contribution in [2.24, 2.45) is 0 Å². The summed E-state index contributed by atoms with van der Waals surface area (Å²) >= 11 is 5.82. The van der Waals surface area contributed by atoms with Crippen molar-refractivity contribution in [2.45, 2.75) is 18.8 Å². The number of ether oxygens (including phenoxy) is 1. The molecule has 0 amide bonds. The number of benzene rings is 2. The Hall–Kier alpha value is -3.86. The smallest absolute Gasteiger partial charge is 0.242 e. The molecule has 2 aromatic heterocycles. The van der Waals surface area contributed by atoms with E-state index in [1.165, 1.54) is 18.1 Å². The predicted octanol–water partition coefficient (Wildman–Crippen LogP) is 5.00. The lowest BCUT2D eigenvalue weighted by atomic mass is 9.96. The molecule has 2 heterocycles. The van der Waals surface area contributed by atoms with Crippen LogP contribution in [-0.2, 0) is 6.42 Å². The zero-order chi connectivity index (χ0) is 24.7. The number of rotatable bonds is 6. The quantitative estimate of drug-likeness (QED) is 0.359. The molecule has 4 aromatic rings. The Kier molecular flexibility index (Phi) is 5.93. The first-order valence-corrected chi connectivity index (χ1v) is 11.0. The lowest BCUT2D eigenvalue weighted by Gasteiger charge is -2.16. The van der Waals surface area contributed by atoms with Crippen molar-refractivity contribution in [1.82, 2.24) is 24.7 Å². The van der Waals surface area contributed by atoms with Gasteiger partial charge in [-0.1, -0.05) is 0 Å². The fourth-order valence-electron chi connectivity index (χ4n) is 4.26. The maximum absolute atomic E-state index is 13.9. The van der Waals surface area contributed by atoms with Crippen molar-refractivity contribution < 1.29 is 17.9 Å². The largest absolute Gasteiger partial charge is 0.494 e. The van der Waals surface area contributed by atoms with Crippen LogP contribution in [0.1, 0.15) is 29.2 Å². The van der Waals surface area contributed by atoms with Gasteiger partial charge in [-0.25, -0.2) is 27.8 Å². The first kappa shape index (κ1) is 22.9. The summed E-state index contributed by atoms with van der Waals surface area (Å²) in [4.78, 5) is 13.1. The van der Waals surface area contributed by atoms with E-state index in [4.69, 9.17) is 16.3 Å². The van der Waals surface area contributed by atoms with Crippen LogP contribution in [0.2, 0.25) is 5.28 Å². The summed E-state index contributed by atoms with van der Waals surface area (Å²) in [6.45, 7) is 0. The molecule has 0 aliphatic heterocycles. The minimum absolute atomic E-state index is 0.107. The molecule has 0 bridgehead atoms. The monoisotopic (exact) mass is 501 g/mol. The summed E-state index contributed by atoms with van der Waals surface area (Å²) in [6, 6.07) is 7.33. The Morgan fingerprint density at radius 1 is 1.11 bits per heavy atom. The van der Waals surface area contributed by atoms with Crippen molar-refractivity contribution in [3.63, 3.8) is 0 Å². The number of fused-ring (bicyclic) bond motifs is 1. The van der Waals surface area contributed by atoms with Gasteiger partial charge >= 0.3 is 0 Å². The van der Waals surface area contributed by atoms with Gasteiger partial charge in [0.15, 0.2) is 17.5 Å². The van der Waals surface area contributed by atoms with Crippen LogP contribution in [0.4, 0.5) is 30.6 Å². The highest BCUT2D eigenvalue weighted by Crippen LogP contribution is 2.41. The number of nitrogens with one attached hydrogen (secondary N) is 2. The summed E-state index contributed by atoms with van der Waals surface area (Å²) in [5.74, 6) is -2.96. The summed E-state index contributed by atoms with van der Waals surface area (Å²) in [5.41, 5.74) is 3.06. The second-order valence-corrected chi connectivity index (χ2v) is 8.21. The van der Waals surface area contributed by atoms with Crippen molar-refractivity contribution >= 4 is 29.1 Å². The molecule has 8 nitrogen and oxygen atoms in total. The number of methoxy groups -OCH3 is 1. The highest BCUT2D eigenvalue weighted by molar-refractivity contribution is 6.28. The standard InChI is InChI=1S/C23H19ClF3N7O/c1-28-21-14-5-4-13(11-7-15(25)19(27)16(26)8-11)20(14)31-23(32-21)30-12-3-6-17(18(9-12)35-2)34-10-29-22(24)33-34/h3,6-10,13H,4-5H2,1-2H3,(H2,28,30,31,32). The molecular formula is C23H19ClF3N7O. The highest BCUT2D eigenvalue weighted by Gasteiger charge is 2.31. The molecule has 1 aliphatic carbocycles. The van der Waals surface area contributed by atoms with Crippen molar-refractivity contribution in [3.8, 4) is 11.4 Å². The fraction of sp³-hybridized carbons (Fsp3) is 0.217. The molecule has 1 aliphatic rings. The first-order valence-electron chi connectivity index (χ1n) is 10.6. The maximum Gasteiger partial charge on any atom is 0.242 e. The van der Waals surface area contributed by atoms with E-state index in [0.717, 1.165) is 17.7 Å². The number of hydrogen-bond donors (Lipinski definition) is 2. The molecule has 35 heavy (non-hydrogen) atoms. The Bertz CT molecular complexity index is 1410. The van der Waals surface area contributed by atoms with Gasteiger partial charge in [-0.3, -0.25) is 0 Å². The minimum Gasteiger partial charge on any atom is -0.494 e. The van der Waals surface area contributed by atoms with E-state index in [0.29, 0.717) is 47.0 Å². The van der Waals surface area contributed by atoms with E-state index in [9.17, 15) is 13.2 Å². The third kappa shape index (κ3) is 4.23. The molecule has 180 valence electrons. The van der Waals surface area contributed by atoms with E-state index in [2.05, 4.69) is 30.7 Å². The maximum atomic E-state index is 13.9. The lowest BCUT2D eigenvalue weighted by molar-refractivity contribution is 0.412. The highest BCUT2D eigenvalue weighted by atomic mass is 35.5. The van der Waals surface area contributed by atoms with Gasteiger partial charge in [0, 0.05) is 30.3 Å². The molecule has 0 spiro atoms. The van der Waals surface area contributed by atoms with Crippen LogP contribution in [0, 0.1) is 17.5 Å². The summed E-state index contributed by atoms with van der Waals surface area (Å²) < 4.78 is 48.3. The number of nitrogens with zero attached hydrogens (tertiary/aromatic N) is 5.